The van der Waals surface area contributed by atoms with Crippen molar-refractivity contribution in [3.63, 3.8) is 0 Å². The summed E-state index contributed by atoms with van der Waals surface area (Å²) in [5.74, 6) is 0.262. The van der Waals surface area contributed by atoms with Gasteiger partial charge in [0.2, 0.25) is 11.8 Å². The Morgan fingerprint density at radius 3 is 2.63 bits per heavy atom. The highest BCUT2D eigenvalue weighted by atomic mass is 16.6. The summed E-state index contributed by atoms with van der Waals surface area (Å²) in [6, 6.07) is 14.4. The molecule has 0 spiro atoms. The smallest absolute Gasteiger partial charge is 0.363 e. The van der Waals surface area contributed by atoms with Gasteiger partial charge < -0.3 is 14.8 Å². The Hall–Kier alpha value is -3.41. The van der Waals surface area contributed by atoms with E-state index in [-0.39, 0.29) is 17.5 Å². The van der Waals surface area contributed by atoms with E-state index >= 15 is 0 Å². The molecule has 0 saturated carbocycles. The maximum Gasteiger partial charge on any atom is 0.363 e. The van der Waals surface area contributed by atoms with Gasteiger partial charge in [0.25, 0.3) is 0 Å². The number of hydrogen-bond acceptors (Lipinski definition) is 5. The Labute approximate surface area is 157 Å². The van der Waals surface area contributed by atoms with Gasteiger partial charge in [0.05, 0.1) is 6.61 Å². The van der Waals surface area contributed by atoms with Crippen LogP contribution in [0.4, 0.5) is 5.69 Å². The van der Waals surface area contributed by atoms with Crippen molar-refractivity contribution < 1.29 is 19.1 Å². The van der Waals surface area contributed by atoms with Crippen LogP contribution in [0.3, 0.4) is 0 Å². The average Bonchev–Trinajstić information content (AvgIpc) is 3.02. The molecule has 0 bridgehead atoms. The fourth-order valence-corrected chi connectivity index (χ4v) is 2.52. The molecule has 3 rings (SSSR count). The molecule has 6 heteroatoms. The van der Waals surface area contributed by atoms with Crippen LogP contribution in [0.2, 0.25) is 0 Å². The number of aliphatic imine (C=N–C) groups is 1. The molecule has 6 nitrogen and oxygen atoms in total. The van der Waals surface area contributed by atoms with E-state index in [9.17, 15) is 9.59 Å². The SMILES string of the molecule is CCCOc1ccccc1C=C1N=C(c2ccc(NC(C)=O)cc2)OC1=O. The molecule has 1 aliphatic rings. The third-order valence-corrected chi connectivity index (χ3v) is 3.75. The highest BCUT2D eigenvalue weighted by Gasteiger charge is 2.24. The minimum atomic E-state index is -0.513. The van der Waals surface area contributed by atoms with Crippen molar-refractivity contribution in [3.05, 3.63) is 65.4 Å². The summed E-state index contributed by atoms with van der Waals surface area (Å²) in [7, 11) is 0. The Morgan fingerprint density at radius 1 is 1.19 bits per heavy atom. The maximum atomic E-state index is 12.2. The van der Waals surface area contributed by atoms with Gasteiger partial charge >= 0.3 is 5.97 Å². The summed E-state index contributed by atoms with van der Waals surface area (Å²) in [4.78, 5) is 27.6. The van der Waals surface area contributed by atoms with Crippen LogP contribution in [-0.4, -0.2) is 24.4 Å². The van der Waals surface area contributed by atoms with Gasteiger partial charge in [-0.1, -0.05) is 25.1 Å². The van der Waals surface area contributed by atoms with Crippen LogP contribution in [0.25, 0.3) is 6.08 Å². The first kappa shape index (κ1) is 18.4. The summed E-state index contributed by atoms with van der Waals surface area (Å²) in [5, 5.41) is 2.68. The third-order valence-electron chi connectivity index (χ3n) is 3.75. The zero-order valence-corrected chi connectivity index (χ0v) is 15.2. The minimum absolute atomic E-state index is 0.151. The second-order valence-electron chi connectivity index (χ2n) is 5.98. The van der Waals surface area contributed by atoms with Crippen LogP contribution in [-0.2, 0) is 14.3 Å². The molecule has 1 aliphatic heterocycles. The lowest BCUT2D eigenvalue weighted by Crippen LogP contribution is -2.07. The molecular weight excluding hydrogens is 344 g/mol. The van der Waals surface area contributed by atoms with Gasteiger partial charge in [-0.25, -0.2) is 9.79 Å². The predicted molar refractivity (Wildman–Crippen MR) is 104 cm³/mol. The van der Waals surface area contributed by atoms with Gasteiger partial charge in [-0.2, -0.15) is 0 Å². The van der Waals surface area contributed by atoms with Gasteiger partial charge in [0.1, 0.15) is 5.75 Å². The molecule has 1 N–H and O–H groups in total. The Balaban J connectivity index is 1.84. The van der Waals surface area contributed by atoms with Crippen molar-refractivity contribution in [3.8, 4) is 5.75 Å². The summed E-state index contributed by atoms with van der Waals surface area (Å²) >= 11 is 0. The highest BCUT2D eigenvalue weighted by Crippen LogP contribution is 2.25. The molecule has 1 amide bonds. The minimum Gasteiger partial charge on any atom is -0.493 e. The standard InChI is InChI=1S/C21H20N2O4/c1-3-12-26-19-7-5-4-6-16(19)13-18-21(25)27-20(23-18)15-8-10-17(11-9-15)22-14(2)24/h4-11,13H,3,12H2,1-2H3,(H,22,24). The van der Waals surface area contributed by atoms with Crippen LogP contribution in [0.15, 0.2) is 59.2 Å². The Morgan fingerprint density at radius 2 is 1.93 bits per heavy atom. The first-order chi connectivity index (χ1) is 13.1. The van der Waals surface area contributed by atoms with Crippen LogP contribution < -0.4 is 10.1 Å². The molecule has 1 heterocycles. The third kappa shape index (κ3) is 4.61. The van der Waals surface area contributed by atoms with E-state index in [4.69, 9.17) is 9.47 Å². The van der Waals surface area contributed by atoms with Crippen LogP contribution in [0, 0.1) is 0 Å². The first-order valence-corrected chi connectivity index (χ1v) is 8.69. The molecule has 0 atom stereocenters. The van der Waals surface area contributed by atoms with Gasteiger partial charge in [-0.15, -0.1) is 0 Å². The predicted octanol–water partition coefficient (Wildman–Crippen LogP) is 3.78. The van der Waals surface area contributed by atoms with Crippen molar-refractivity contribution in [2.45, 2.75) is 20.3 Å². The van der Waals surface area contributed by atoms with E-state index in [1.54, 1.807) is 30.3 Å². The number of para-hydroxylation sites is 1. The van der Waals surface area contributed by atoms with E-state index in [0.717, 1.165) is 12.0 Å². The molecule has 0 radical (unpaired) electrons. The number of anilines is 1. The molecule has 0 fully saturated rings. The normalized spacial score (nSPS) is 14.7. The van der Waals surface area contributed by atoms with Gasteiger partial charge in [-0.3, -0.25) is 4.79 Å². The fourth-order valence-electron chi connectivity index (χ4n) is 2.52. The number of rotatable bonds is 6. The largest absolute Gasteiger partial charge is 0.493 e. The molecule has 2 aromatic rings. The van der Waals surface area contributed by atoms with Gasteiger partial charge in [0, 0.05) is 23.7 Å². The summed E-state index contributed by atoms with van der Waals surface area (Å²) in [5.41, 5.74) is 2.29. The molecular formula is C21H20N2O4. The molecule has 2 aromatic carbocycles. The average molecular weight is 364 g/mol. The monoisotopic (exact) mass is 364 g/mol. The van der Waals surface area contributed by atoms with Crippen molar-refractivity contribution in [2.75, 3.05) is 11.9 Å². The number of nitrogens with one attached hydrogen (secondary N) is 1. The van der Waals surface area contributed by atoms with Crippen LogP contribution in [0.1, 0.15) is 31.4 Å². The van der Waals surface area contributed by atoms with E-state index in [2.05, 4.69) is 10.3 Å². The maximum absolute atomic E-state index is 12.2. The number of esters is 1. The number of carbonyl (C=O) groups excluding carboxylic acids is 2. The van der Waals surface area contributed by atoms with E-state index < -0.39 is 5.97 Å². The molecule has 0 aromatic heterocycles. The Bertz CT molecular complexity index is 914. The van der Waals surface area contributed by atoms with Crippen molar-refractivity contribution >= 4 is 29.5 Å². The number of cyclic esters (lactones) is 1. The van der Waals surface area contributed by atoms with Crippen molar-refractivity contribution in [1.29, 1.82) is 0 Å². The second kappa shape index (κ2) is 8.31. The summed E-state index contributed by atoms with van der Waals surface area (Å²) < 4.78 is 11.0. The quantitative estimate of drug-likeness (QED) is 0.625. The molecule has 27 heavy (non-hydrogen) atoms. The molecule has 0 aliphatic carbocycles. The fraction of sp³-hybridized carbons (Fsp3) is 0.190. The summed E-state index contributed by atoms with van der Waals surface area (Å²) in [6.07, 6.45) is 2.55. The number of benzene rings is 2. The van der Waals surface area contributed by atoms with Gasteiger partial charge in [0.15, 0.2) is 5.70 Å². The highest BCUT2D eigenvalue weighted by molar-refractivity contribution is 6.13. The zero-order valence-electron chi connectivity index (χ0n) is 15.2. The van der Waals surface area contributed by atoms with E-state index in [0.29, 0.717) is 23.6 Å². The lowest BCUT2D eigenvalue weighted by molar-refractivity contribution is -0.129. The summed E-state index contributed by atoms with van der Waals surface area (Å²) in [6.45, 7) is 4.07. The first-order valence-electron chi connectivity index (χ1n) is 8.69. The van der Waals surface area contributed by atoms with Crippen molar-refractivity contribution in [2.24, 2.45) is 4.99 Å². The van der Waals surface area contributed by atoms with Gasteiger partial charge in [-0.05, 0) is 42.8 Å². The Kier molecular flexibility index (Phi) is 5.66. The number of ether oxygens (including phenoxy) is 2. The van der Waals surface area contributed by atoms with Crippen molar-refractivity contribution in [1.82, 2.24) is 0 Å². The lowest BCUT2D eigenvalue weighted by atomic mass is 10.1. The van der Waals surface area contributed by atoms with E-state index in [1.165, 1.54) is 6.92 Å². The lowest BCUT2D eigenvalue weighted by Gasteiger charge is -2.07. The number of carbonyl (C=O) groups is 2. The van der Waals surface area contributed by atoms with Crippen LogP contribution >= 0.6 is 0 Å². The molecule has 0 saturated heterocycles. The number of nitrogens with zero attached hydrogens (tertiary/aromatic N) is 1. The molecule has 138 valence electrons. The molecule has 0 unspecified atom stereocenters. The zero-order chi connectivity index (χ0) is 19.2. The van der Waals surface area contributed by atoms with E-state index in [1.807, 2.05) is 31.2 Å². The van der Waals surface area contributed by atoms with Crippen LogP contribution in [0.5, 0.6) is 5.75 Å². The second-order valence-corrected chi connectivity index (χ2v) is 5.98. The number of hydrogen-bond donors (Lipinski definition) is 1. The topological polar surface area (TPSA) is 77.0 Å². The number of amides is 1.